The van der Waals surface area contributed by atoms with E-state index in [9.17, 15) is 9.70 Å². The molecule has 0 saturated heterocycles. The van der Waals surface area contributed by atoms with Crippen LogP contribution >= 0.6 is 0 Å². The van der Waals surface area contributed by atoms with E-state index in [4.69, 9.17) is 0 Å². The normalized spacial score (nSPS) is 17.2. The van der Waals surface area contributed by atoms with Crippen LogP contribution in [0.4, 0.5) is 0 Å². The van der Waals surface area contributed by atoms with Crippen LogP contribution in [0.15, 0.2) is 48.0 Å². The number of aromatic nitrogens is 5. The standard InChI is InChI=1S/C17H16N6O3/c24-15(26-22-25)7-11-1-3-13(4-2-11)23-9-12(8-21-23)16-14-5-6-18-17(14)20-10-19-16/h5-10,13H,1-4H2,(H,18,19,20). The summed E-state index contributed by atoms with van der Waals surface area (Å²) in [5.41, 5.74) is 3.56. The number of aromatic amines is 1. The molecule has 26 heavy (non-hydrogen) atoms. The Kier molecular flexibility index (Phi) is 4.26. The molecule has 1 fully saturated rings. The third-order valence-electron chi connectivity index (χ3n) is 4.65. The van der Waals surface area contributed by atoms with Crippen molar-refractivity contribution in [1.82, 2.24) is 24.7 Å². The smallest absolute Gasteiger partial charge is 0.346 e. The summed E-state index contributed by atoms with van der Waals surface area (Å²) < 4.78 is 1.96. The van der Waals surface area contributed by atoms with Gasteiger partial charge in [-0.05, 0) is 31.7 Å². The molecule has 0 atom stereocenters. The molecule has 1 saturated carbocycles. The maximum absolute atomic E-state index is 11.3. The SMILES string of the molecule is O=NOC(=O)C=C1CCC(n2cc(-c3ncnc4[nH]ccc34)cn2)CC1. The molecule has 0 radical (unpaired) electrons. The molecule has 0 bridgehead atoms. The van der Waals surface area contributed by atoms with E-state index in [2.05, 4.69) is 30.2 Å². The Bertz CT molecular complexity index is 979. The fourth-order valence-electron chi connectivity index (χ4n) is 3.37. The maximum Gasteiger partial charge on any atom is 0.362 e. The lowest BCUT2D eigenvalue weighted by molar-refractivity contribution is -0.138. The van der Waals surface area contributed by atoms with Gasteiger partial charge in [0, 0.05) is 29.4 Å². The molecular weight excluding hydrogens is 336 g/mol. The van der Waals surface area contributed by atoms with Crippen molar-refractivity contribution in [3.05, 3.63) is 47.5 Å². The molecule has 0 aliphatic heterocycles. The molecule has 4 rings (SSSR count). The molecule has 1 aliphatic carbocycles. The zero-order chi connectivity index (χ0) is 17.9. The average molecular weight is 352 g/mol. The molecule has 0 aromatic carbocycles. The highest BCUT2D eigenvalue weighted by Crippen LogP contribution is 2.33. The Morgan fingerprint density at radius 2 is 2.19 bits per heavy atom. The van der Waals surface area contributed by atoms with Crippen LogP contribution in [0.2, 0.25) is 0 Å². The summed E-state index contributed by atoms with van der Waals surface area (Å²) >= 11 is 0. The summed E-state index contributed by atoms with van der Waals surface area (Å²) in [5, 5.41) is 7.60. The lowest BCUT2D eigenvalue weighted by Crippen LogP contribution is -2.15. The monoisotopic (exact) mass is 352 g/mol. The Morgan fingerprint density at radius 1 is 1.35 bits per heavy atom. The van der Waals surface area contributed by atoms with Gasteiger partial charge < -0.3 is 4.98 Å². The molecule has 0 amide bonds. The first-order valence-electron chi connectivity index (χ1n) is 8.30. The van der Waals surface area contributed by atoms with Crippen molar-refractivity contribution in [2.45, 2.75) is 31.7 Å². The quantitative estimate of drug-likeness (QED) is 0.438. The van der Waals surface area contributed by atoms with Gasteiger partial charge in [0.25, 0.3) is 0 Å². The maximum atomic E-state index is 11.3. The van der Waals surface area contributed by atoms with E-state index in [-0.39, 0.29) is 6.04 Å². The zero-order valence-corrected chi connectivity index (χ0v) is 13.8. The summed E-state index contributed by atoms with van der Waals surface area (Å²) in [4.78, 5) is 37.0. The summed E-state index contributed by atoms with van der Waals surface area (Å²) in [7, 11) is 0. The van der Waals surface area contributed by atoms with Crippen molar-refractivity contribution in [1.29, 1.82) is 0 Å². The van der Waals surface area contributed by atoms with E-state index < -0.39 is 5.97 Å². The lowest BCUT2D eigenvalue weighted by Gasteiger charge is -2.24. The number of fused-ring (bicyclic) bond motifs is 1. The minimum absolute atomic E-state index is 0.254. The van der Waals surface area contributed by atoms with E-state index >= 15 is 0 Å². The first-order chi connectivity index (χ1) is 12.7. The van der Waals surface area contributed by atoms with Crippen LogP contribution in [0.3, 0.4) is 0 Å². The van der Waals surface area contributed by atoms with Gasteiger partial charge in [0.15, 0.2) is 5.34 Å². The van der Waals surface area contributed by atoms with Crippen molar-refractivity contribution in [2.24, 2.45) is 5.34 Å². The summed E-state index contributed by atoms with van der Waals surface area (Å²) in [5.74, 6) is -0.714. The van der Waals surface area contributed by atoms with Gasteiger partial charge in [-0.25, -0.2) is 14.8 Å². The first kappa shape index (κ1) is 16.1. The van der Waals surface area contributed by atoms with Gasteiger partial charge in [0.2, 0.25) is 0 Å². The lowest BCUT2D eigenvalue weighted by atomic mass is 9.90. The number of carbonyl (C=O) groups excluding carboxylic acids is 1. The van der Waals surface area contributed by atoms with Gasteiger partial charge in [-0.1, -0.05) is 5.57 Å². The fraction of sp³-hybridized carbons (Fsp3) is 0.294. The van der Waals surface area contributed by atoms with Crippen molar-refractivity contribution in [3.8, 4) is 11.3 Å². The van der Waals surface area contributed by atoms with Gasteiger partial charge in [0.05, 0.1) is 17.9 Å². The van der Waals surface area contributed by atoms with Gasteiger partial charge in [-0.3, -0.25) is 9.52 Å². The average Bonchev–Trinajstić information content (AvgIpc) is 3.32. The number of hydrogen-bond donors (Lipinski definition) is 1. The number of allylic oxidation sites excluding steroid dienone is 1. The summed E-state index contributed by atoms with van der Waals surface area (Å²) in [6.07, 6.45) is 11.8. The van der Waals surface area contributed by atoms with Crippen LogP contribution in [0.1, 0.15) is 31.7 Å². The largest absolute Gasteiger partial charge is 0.362 e. The van der Waals surface area contributed by atoms with E-state index in [0.717, 1.165) is 53.5 Å². The van der Waals surface area contributed by atoms with Crippen molar-refractivity contribution in [2.75, 3.05) is 0 Å². The van der Waals surface area contributed by atoms with E-state index in [1.807, 2.05) is 29.3 Å². The minimum Gasteiger partial charge on any atom is -0.346 e. The minimum atomic E-state index is -0.714. The number of nitrogens with one attached hydrogen (secondary N) is 1. The number of nitrogens with zero attached hydrogens (tertiary/aromatic N) is 5. The van der Waals surface area contributed by atoms with Crippen LogP contribution in [0.25, 0.3) is 22.3 Å². The second-order valence-corrected chi connectivity index (χ2v) is 6.19. The predicted molar refractivity (Wildman–Crippen MR) is 92.6 cm³/mol. The van der Waals surface area contributed by atoms with Gasteiger partial charge in [-0.2, -0.15) is 5.10 Å². The van der Waals surface area contributed by atoms with Crippen molar-refractivity contribution >= 4 is 17.0 Å². The van der Waals surface area contributed by atoms with Crippen LogP contribution in [0.5, 0.6) is 0 Å². The van der Waals surface area contributed by atoms with Crippen LogP contribution < -0.4 is 0 Å². The van der Waals surface area contributed by atoms with Crippen LogP contribution in [0, 0.1) is 4.91 Å². The summed E-state index contributed by atoms with van der Waals surface area (Å²) in [6, 6.07) is 2.21. The van der Waals surface area contributed by atoms with E-state index in [0.29, 0.717) is 0 Å². The third kappa shape index (κ3) is 3.10. The molecule has 0 unspecified atom stereocenters. The Labute approximate surface area is 148 Å². The number of rotatable bonds is 4. The van der Waals surface area contributed by atoms with Crippen molar-refractivity contribution in [3.63, 3.8) is 0 Å². The zero-order valence-electron chi connectivity index (χ0n) is 13.8. The first-order valence-corrected chi connectivity index (χ1v) is 8.30. The highest BCUT2D eigenvalue weighted by atomic mass is 16.7. The highest BCUT2D eigenvalue weighted by Gasteiger charge is 2.20. The molecular formula is C17H16N6O3. The molecule has 132 valence electrons. The topological polar surface area (TPSA) is 115 Å². The molecule has 3 aromatic heterocycles. The molecule has 9 nitrogen and oxygen atoms in total. The predicted octanol–water partition coefficient (Wildman–Crippen LogP) is 3.09. The van der Waals surface area contributed by atoms with Crippen LogP contribution in [-0.4, -0.2) is 30.7 Å². The van der Waals surface area contributed by atoms with E-state index in [1.165, 1.54) is 12.4 Å². The fourth-order valence-corrected chi connectivity index (χ4v) is 3.37. The number of hydrogen-bond acceptors (Lipinski definition) is 7. The Balaban J connectivity index is 1.49. The van der Waals surface area contributed by atoms with Gasteiger partial charge >= 0.3 is 5.97 Å². The highest BCUT2D eigenvalue weighted by molar-refractivity contribution is 5.90. The second-order valence-electron chi connectivity index (χ2n) is 6.19. The third-order valence-corrected chi connectivity index (χ3v) is 4.65. The number of H-pyrrole nitrogens is 1. The molecule has 3 heterocycles. The molecule has 1 N–H and O–H groups in total. The van der Waals surface area contributed by atoms with E-state index in [1.54, 1.807) is 0 Å². The van der Waals surface area contributed by atoms with Crippen molar-refractivity contribution < 1.29 is 9.63 Å². The Hall–Kier alpha value is -3.36. The van der Waals surface area contributed by atoms with Gasteiger partial charge in [0.1, 0.15) is 12.0 Å². The number of carbonyl (C=O) groups is 1. The van der Waals surface area contributed by atoms with Gasteiger partial charge in [-0.15, -0.1) is 4.91 Å². The molecule has 0 spiro atoms. The molecule has 9 heteroatoms. The van der Waals surface area contributed by atoms with Crippen LogP contribution in [-0.2, 0) is 9.63 Å². The Morgan fingerprint density at radius 3 is 3.00 bits per heavy atom. The molecule has 3 aromatic rings. The summed E-state index contributed by atoms with van der Waals surface area (Å²) in [6.45, 7) is 0. The second kappa shape index (κ2) is 6.87. The molecule has 1 aliphatic rings.